The van der Waals surface area contributed by atoms with E-state index in [0.29, 0.717) is 22.2 Å². The molecule has 0 saturated carbocycles. The molecule has 1 unspecified atom stereocenters. The number of carbonyl (C=O) groups is 1. The number of urea groups is 1. The van der Waals surface area contributed by atoms with E-state index in [1.165, 1.54) is 0 Å². The summed E-state index contributed by atoms with van der Waals surface area (Å²) >= 11 is 10.7. The fourth-order valence-corrected chi connectivity index (χ4v) is 1.34. The van der Waals surface area contributed by atoms with E-state index in [0.717, 1.165) is 0 Å². The zero-order chi connectivity index (χ0) is 12.8. The second-order valence-corrected chi connectivity index (χ2v) is 4.50. The van der Waals surface area contributed by atoms with Gasteiger partial charge < -0.3 is 16.4 Å². The van der Waals surface area contributed by atoms with Crippen LogP contribution in [0.2, 0.25) is 5.02 Å². The highest BCUT2D eigenvalue weighted by Crippen LogP contribution is 2.19. The van der Waals surface area contributed by atoms with Gasteiger partial charge in [-0.3, -0.25) is 0 Å². The van der Waals surface area contributed by atoms with E-state index in [1.807, 2.05) is 6.92 Å². The lowest BCUT2D eigenvalue weighted by Crippen LogP contribution is -2.36. The average Bonchev–Trinajstić information content (AvgIpc) is 2.29. The minimum Gasteiger partial charge on any atom is -0.393 e. The number of hydrogen-bond donors (Lipinski definition) is 3. The van der Waals surface area contributed by atoms with Crippen LogP contribution >= 0.6 is 23.8 Å². The molecule has 92 valence electrons. The highest BCUT2D eigenvalue weighted by Gasteiger charge is 2.08. The zero-order valence-corrected chi connectivity index (χ0v) is 10.9. The van der Waals surface area contributed by atoms with E-state index < -0.39 is 0 Å². The van der Waals surface area contributed by atoms with E-state index in [4.69, 9.17) is 29.6 Å². The predicted octanol–water partition coefficient (Wildman–Crippen LogP) is 2.38. The first-order valence-electron chi connectivity index (χ1n) is 5.09. The number of benzene rings is 1. The predicted molar refractivity (Wildman–Crippen MR) is 74.4 cm³/mol. The maximum Gasteiger partial charge on any atom is 0.319 e. The first-order valence-corrected chi connectivity index (χ1v) is 5.88. The number of nitrogens with one attached hydrogen (secondary N) is 2. The zero-order valence-electron chi connectivity index (χ0n) is 9.37. The van der Waals surface area contributed by atoms with Crippen LogP contribution in [0.1, 0.15) is 6.92 Å². The molecule has 0 aliphatic heterocycles. The summed E-state index contributed by atoms with van der Waals surface area (Å²) in [6.45, 7) is 2.24. The largest absolute Gasteiger partial charge is 0.393 e. The van der Waals surface area contributed by atoms with Gasteiger partial charge in [-0.05, 0) is 12.1 Å². The molecule has 4 nitrogen and oxygen atoms in total. The Hall–Kier alpha value is -1.33. The standard InChI is InChI=1S/C11H14ClN3OS/c1-7(10(13)17)6-14-11(16)15-9-5-3-2-4-8(9)12/h2-5,7H,6H2,1H3,(H2,13,17)(H2,14,15,16). The smallest absolute Gasteiger partial charge is 0.319 e. The van der Waals surface area contributed by atoms with Crippen LogP contribution < -0.4 is 16.4 Å². The molecule has 0 spiro atoms. The lowest BCUT2D eigenvalue weighted by molar-refractivity contribution is 0.251. The molecule has 0 aliphatic rings. The number of thiocarbonyl (C=S) groups is 1. The lowest BCUT2D eigenvalue weighted by atomic mass is 10.2. The molecule has 0 saturated heterocycles. The number of amides is 2. The first-order chi connectivity index (χ1) is 8.00. The number of hydrogen-bond acceptors (Lipinski definition) is 2. The van der Waals surface area contributed by atoms with Gasteiger partial charge in [0.1, 0.15) is 0 Å². The van der Waals surface area contributed by atoms with Gasteiger partial charge in [-0.25, -0.2) is 4.79 Å². The van der Waals surface area contributed by atoms with Gasteiger partial charge in [0, 0.05) is 12.5 Å². The molecular weight excluding hydrogens is 258 g/mol. The second kappa shape index (κ2) is 6.42. The summed E-state index contributed by atoms with van der Waals surface area (Å²) in [5.74, 6) is -0.0398. The average molecular weight is 272 g/mol. The van der Waals surface area contributed by atoms with Crippen LogP contribution in [0.15, 0.2) is 24.3 Å². The summed E-state index contributed by atoms with van der Waals surface area (Å²) in [5.41, 5.74) is 6.00. The van der Waals surface area contributed by atoms with Gasteiger partial charge in [-0.15, -0.1) is 0 Å². The number of rotatable bonds is 4. The number of anilines is 1. The summed E-state index contributed by atoms with van der Waals surface area (Å²) < 4.78 is 0. The fourth-order valence-electron chi connectivity index (χ4n) is 1.08. The molecule has 1 aromatic carbocycles. The van der Waals surface area contributed by atoms with Gasteiger partial charge in [0.05, 0.1) is 15.7 Å². The molecule has 0 heterocycles. The number of halogens is 1. The van der Waals surface area contributed by atoms with Crippen LogP contribution in [-0.2, 0) is 0 Å². The van der Waals surface area contributed by atoms with Crippen molar-refractivity contribution in [2.75, 3.05) is 11.9 Å². The summed E-state index contributed by atoms with van der Waals surface area (Å²) in [7, 11) is 0. The van der Waals surface area contributed by atoms with E-state index in [1.54, 1.807) is 24.3 Å². The van der Waals surface area contributed by atoms with Crippen molar-refractivity contribution in [3.63, 3.8) is 0 Å². The van der Waals surface area contributed by atoms with Crippen molar-refractivity contribution < 1.29 is 4.79 Å². The van der Waals surface area contributed by atoms with Crippen LogP contribution in [0.5, 0.6) is 0 Å². The van der Waals surface area contributed by atoms with Crippen molar-refractivity contribution in [2.45, 2.75) is 6.92 Å². The first kappa shape index (κ1) is 13.7. The molecule has 6 heteroatoms. The summed E-state index contributed by atoms with van der Waals surface area (Å²) in [4.78, 5) is 11.9. The van der Waals surface area contributed by atoms with Gasteiger partial charge in [0.15, 0.2) is 0 Å². The van der Waals surface area contributed by atoms with Crippen LogP contribution in [0.25, 0.3) is 0 Å². The van der Waals surface area contributed by atoms with Crippen LogP contribution in [0, 0.1) is 5.92 Å². The highest BCUT2D eigenvalue weighted by molar-refractivity contribution is 7.80. The monoisotopic (exact) mass is 271 g/mol. The molecule has 4 N–H and O–H groups in total. The minimum absolute atomic E-state index is 0.0398. The van der Waals surface area contributed by atoms with Gasteiger partial charge in [-0.1, -0.05) is 42.9 Å². The van der Waals surface area contributed by atoms with Gasteiger partial charge in [0.2, 0.25) is 0 Å². The number of nitrogens with two attached hydrogens (primary N) is 1. The molecule has 0 fully saturated rings. The summed E-state index contributed by atoms with van der Waals surface area (Å²) in [6, 6.07) is 6.67. The maximum absolute atomic E-state index is 11.5. The number of carbonyl (C=O) groups excluding carboxylic acids is 1. The Balaban J connectivity index is 2.46. The van der Waals surface area contributed by atoms with Gasteiger partial charge in [0.25, 0.3) is 0 Å². The Kier molecular flexibility index (Phi) is 5.18. The van der Waals surface area contributed by atoms with E-state index >= 15 is 0 Å². The Morgan fingerprint density at radius 3 is 2.76 bits per heavy atom. The SMILES string of the molecule is CC(CNC(=O)Nc1ccccc1Cl)C(N)=S. The third kappa shape index (κ3) is 4.58. The van der Waals surface area contributed by atoms with Crippen LogP contribution in [0.4, 0.5) is 10.5 Å². The van der Waals surface area contributed by atoms with Crippen LogP contribution in [0.3, 0.4) is 0 Å². The van der Waals surface area contributed by atoms with Crippen molar-refractivity contribution in [1.82, 2.24) is 5.32 Å². The van der Waals surface area contributed by atoms with Crippen molar-refractivity contribution in [3.8, 4) is 0 Å². The van der Waals surface area contributed by atoms with Crippen molar-refractivity contribution in [1.29, 1.82) is 0 Å². The molecule has 1 rings (SSSR count). The van der Waals surface area contributed by atoms with E-state index in [9.17, 15) is 4.79 Å². The Bertz CT molecular complexity index is 425. The maximum atomic E-state index is 11.5. The van der Waals surface area contributed by atoms with Gasteiger partial charge in [-0.2, -0.15) is 0 Å². The third-order valence-electron chi connectivity index (χ3n) is 2.18. The Morgan fingerprint density at radius 1 is 1.53 bits per heavy atom. The molecule has 17 heavy (non-hydrogen) atoms. The molecule has 0 bridgehead atoms. The van der Waals surface area contributed by atoms with E-state index in [2.05, 4.69) is 10.6 Å². The summed E-state index contributed by atoms with van der Waals surface area (Å²) in [5, 5.41) is 5.79. The highest BCUT2D eigenvalue weighted by atomic mass is 35.5. The molecule has 0 aromatic heterocycles. The van der Waals surface area contributed by atoms with E-state index in [-0.39, 0.29) is 11.9 Å². The van der Waals surface area contributed by atoms with Crippen molar-refractivity contribution in [3.05, 3.63) is 29.3 Å². The van der Waals surface area contributed by atoms with Crippen LogP contribution in [-0.4, -0.2) is 17.6 Å². The minimum atomic E-state index is -0.332. The lowest BCUT2D eigenvalue weighted by Gasteiger charge is -2.12. The normalized spacial score (nSPS) is 11.6. The Morgan fingerprint density at radius 2 is 2.18 bits per heavy atom. The molecule has 2 amide bonds. The second-order valence-electron chi connectivity index (χ2n) is 3.62. The van der Waals surface area contributed by atoms with Gasteiger partial charge >= 0.3 is 6.03 Å². The Labute approximate surface area is 111 Å². The fraction of sp³-hybridized carbons (Fsp3) is 0.273. The van der Waals surface area contributed by atoms with Crippen molar-refractivity contribution >= 4 is 40.5 Å². The molecule has 0 aliphatic carbocycles. The molecule has 1 aromatic rings. The molecule has 1 atom stereocenters. The third-order valence-corrected chi connectivity index (χ3v) is 2.91. The number of para-hydroxylation sites is 1. The molecular formula is C11H14ClN3OS. The molecule has 0 radical (unpaired) electrons. The van der Waals surface area contributed by atoms with Crippen molar-refractivity contribution in [2.24, 2.45) is 11.7 Å². The summed E-state index contributed by atoms with van der Waals surface area (Å²) in [6.07, 6.45) is 0. The topological polar surface area (TPSA) is 67.2 Å². The quantitative estimate of drug-likeness (QED) is 0.737.